The number of rotatable bonds is 6. The van der Waals surface area contributed by atoms with Gasteiger partial charge in [0, 0.05) is 11.7 Å². The summed E-state index contributed by atoms with van der Waals surface area (Å²) < 4.78 is 10.6. The minimum absolute atomic E-state index is 0.161. The standard InChI is InChI=1S/C20H26N6OS/c1-4-21-14-6-8-15(9-7-14)27-19-18-16(10-5-12(2)22-18)23-20(25-19)24-17-11-13(3)26-28-17/h5,10-11,14-15,21H,4,6-9H2,1-3H3,(H,23,24,25). The van der Waals surface area contributed by atoms with Crippen molar-refractivity contribution in [2.24, 2.45) is 0 Å². The van der Waals surface area contributed by atoms with Gasteiger partial charge < -0.3 is 15.4 Å². The topological polar surface area (TPSA) is 84.9 Å². The first-order valence-electron chi connectivity index (χ1n) is 9.86. The highest BCUT2D eigenvalue weighted by atomic mass is 32.1. The summed E-state index contributed by atoms with van der Waals surface area (Å²) in [6, 6.07) is 6.51. The van der Waals surface area contributed by atoms with Gasteiger partial charge in [-0.1, -0.05) is 6.92 Å². The van der Waals surface area contributed by atoms with Crippen LogP contribution in [0.3, 0.4) is 0 Å². The SMILES string of the molecule is CCNC1CCC(Oc2nc(Nc3cc(C)ns3)nc3ccc(C)nc23)CC1. The van der Waals surface area contributed by atoms with Crippen molar-refractivity contribution >= 4 is 33.5 Å². The van der Waals surface area contributed by atoms with Gasteiger partial charge in [-0.25, -0.2) is 9.97 Å². The number of pyridine rings is 1. The highest BCUT2D eigenvalue weighted by Crippen LogP contribution is 2.29. The molecule has 3 aromatic heterocycles. The largest absolute Gasteiger partial charge is 0.473 e. The Bertz CT molecular complexity index is 951. The summed E-state index contributed by atoms with van der Waals surface area (Å²) in [6.07, 6.45) is 4.45. The Morgan fingerprint density at radius 2 is 1.89 bits per heavy atom. The molecule has 0 bridgehead atoms. The fraction of sp³-hybridized carbons (Fsp3) is 0.500. The third-order valence-corrected chi connectivity index (χ3v) is 5.75. The Kier molecular flexibility index (Phi) is 5.68. The second-order valence-corrected chi connectivity index (χ2v) is 8.08. The van der Waals surface area contributed by atoms with Gasteiger partial charge >= 0.3 is 0 Å². The molecule has 0 spiro atoms. The zero-order valence-electron chi connectivity index (χ0n) is 16.5. The van der Waals surface area contributed by atoms with Crippen molar-refractivity contribution in [3.63, 3.8) is 0 Å². The number of fused-ring (bicyclic) bond motifs is 1. The van der Waals surface area contributed by atoms with Gasteiger partial charge in [0.2, 0.25) is 11.8 Å². The molecule has 0 aromatic carbocycles. The van der Waals surface area contributed by atoms with Crippen LogP contribution in [0.25, 0.3) is 11.0 Å². The first-order valence-corrected chi connectivity index (χ1v) is 10.6. The molecular weight excluding hydrogens is 372 g/mol. The fourth-order valence-electron chi connectivity index (χ4n) is 3.59. The highest BCUT2D eigenvalue weighted by Gasteiger charge is 2.23. The monoisotopic (exact) mass is 398 g/mol. The van der Waals surface area contributed by atoms with Crippen molar-refractivity contribution in [1.29, 1.82) is 0 Å². The molecule has 0 unspecified atom stereocenters. The highest BCUT2D eigenvalue weighted by molar-refractivity contribution is 7.10. The summed E-state index contributed by atoms with van der Waals surface area (Å²) >= 11 is 1.39. The maximum absolute atomic E-state index is 6.34. The Morgan fingerprint density at radius 1 is 1.07 bits per heavy atom. The number of aromatic nitrogens is 4. The van der Waals surface area contributed by atoms with Gasteiger partial charge in [-0.15, -0.1) is 0 Å². The third-order valence-electron chi connectivity index (χ3n) is 4.96. The number of aryl methyl sites for hydroxylation is 2. The lowest BCUT2D eigenvalue weighted by molar-refractivity contribution is 0.136. The van der Waals surface area contributed by atoms with Crippen molar-refractivity contribution in [2.75, 3.05) is 11.9 Å². The lowest BCUT2D eigenvalue weighted by atomic mass is 9.93. The first kappa shape index (κ1) is 19.0. The molecule has 3 heterocycles. The molecule has 0 aliphatic heterocycles. The molecule has 8 heteroatoms. The lowest BCUT2D eigenvalue weighted by Crippen LogP contribution is -2.36. The first-order chi connectivity index (χ1) is 13.6. The summed E-state index contributed by atoms with van der Waals surface area (Å²) in [5.74, 6) is 1.07. The summed E-state index contributed by atoms with van der Waals surface area (Å²) in [5, 5.41) is 7.70. The van der Waals surface area contributed by atoms with Crippen LogP contribution < -0.4 is 15.4 Å². The van der Waals surface area contributed by atoms with Crippen LogP contribution in [0, 0.1) is 13.8 Å². The van der Waals surface area contributed by atoms with Crippen LogP contribution in [-0.4, -0.2) is 38.0 Å². The zero-order chi connectivity index (χ0) is 19.5. The molecule has 1 aliphatic carbocycles. The van der Waals surface area contributed by atoms with Gasteiger partial charge in [-0.3, -0.25) is 0 Å². The number of ether oxygens (including phenoxy) is 1. The van der Waals surface area contributed by atoms with Gasteiger partial charge in [-0.2, -0.15) is 9.36 Å². The minimum Gasteiger partial charge on any atom is -0.473 e. The summed E-state index contributed by atoms with van der Waals surface area (Å²) in [6.45, 7) is 7.11. The second-order valence-electron chi connectivity index (χ2n) is 7.28. The van der Waals surface area contributed by atoms with Crippen LogP contribution in [-0.2, 0) is 0 Å². The van der Waals surface area contributed by atoms with Gasteiger partial charge in [-0.05, 0) is 75.8 Å². The fourth-order valence-corrected chi connectivity index (χ4v) is 4.24. The van der Waals surface area contributed by atoms with Gasteiger partial charge in [0.25, 0.3) is 0 Å². The van der Waals surface area contributed by atoms with Gasteiger partial charge in [0.05, 0.1) is 11.2 Å². The van der Waals surface area contributed by atoms with Crippen molar-refractivity contribution in [1.82, 2.24) is 24.6 Å². The van der Waals surface area contributed by atoms with E-state index in [1.54, 1.807) is 0 Å². The van der Waals surface area contributed by atoms with E-state index in [0.29, 0.717) is 17.9 Å². The Balaban J connectivity index is 1.59. The van der Waals surface area contributed by atoms with Crippen LogP contribution in [0.4, 0.5) is 10.9 Å². The maximum Gasteiger partial charge on any atom is 0.245 e. The van der Waals surface area contributed by atoms with E-state index in [2.05, 4.69) is 36.9 Å². The molecule has 0 atom stereocenters. The summed E-state index contributed by atoms with van der Waals surface area (Å²) in [7, 11) is 0. The molecule has 28 heavy (non-hydrogen) atoms. The van der Waals surface area contributed by atoms with E-state index in [0.717, 1.165) is 59.7 Å². The van der Waals surface area contributed by atoms with Crippen LogP contribution >= 0.6 is 11.5 Å². The van der Waals surface area contributed by atoms with Crippen molar-refractivity contribution in [2.45, 2.75) is 58.6 Å². The molecule has 1 fully saturated rings. The minimum atomic E-state index is 0.161. The number of nitrogens with one attached hydrogen (secondary N) is 2. The van der Waals surface area contributed by atoms with Crippen molar-refractivity contribution < 1.29 is 4.74 Å². The van der Waals surface area contributed by atoms with E-state index >= 15 is 0 Å². The lowest BCUT2D eigenvalue weighted by Gasteiger charge is -2.29. The number of hydrogen-bond acceptors (Lipinski definition) is 8. The summed E-state index contributed by atoms with van der Waals surface area (Å²) in [5.41, 5.74) is 3.40. The van der Waals surface area contributed by atoms with E-state index in [-0.39, 0.29) is 6.10 Å². The second kappa shape index (κ2) is 8.36. The average Bonchev–Trinajstić information content (AvgIpc) is 3.09. The number of nitrogens with zero attached hydrogens (tertiary/aromatic N) is 4. The van der Waals surface area contributed by atoms with Crippen LogP contribution in [0.5, 0.6) is 5.88 Å². The van der Waals surface area contributed by atoms with Crippen molar-refractivity contribution in [3.8, 4) is 5.88 Å². The molecule has 1 saturated carbocycles. The van der Waals surface area contributed by atoms with Crippen LogP contribution in [0.1, 0.15) is 44.0 Å². The number of hydrogen-bond donors (Lipinski definition) is 2. The molecule has 4 rings (SSSR count). The number of anilines is 2. The molecule has 0 radical (unpaired) electrons. The van der Waals surface area contributed by atoms with Gasteiger partial charge in [0.1, 0.15) is 11.1 Å². The predicted molar refractivity (Wildman–Crippen MR) is 113 cm³/mol. The van der Waals surface area contributed by atoms with E-state index in [1.807, 2.05) is 32.0 Å². The quantitative estimate of drug-likeness (QED) is 0.645. The average molecular weight is 399 g/mol. The Morgan fingerprint density at radius 3 is 2.61 bits per heavy atom. The smallest absolute Gasteiger partial charge is 0.245 e. The van der Waals surface area contributed by atoms with Crippen molar-refractivity contribution in [3.05, 3.63) is 29.6 Å². The molecule has 1 aliphatic rings. The zero-order valence-corrected chi connectivity index (χ0v) is 17.3. The van der Waals surface area contributed by atoms with Gasteiger partial charge in [0.15, 0.2) is 5.52 Å². The Labute approximate surface area is 169 Å². The maximum atomic E-state index is 6.34. The Hall–Kier alpha value is -2.32. The van der Waals surface area contributed by atoms with E-state index in [1.165, 1.54) is 11.5 Å². The molecule has 0 saturated heterocycles. The molecule has 2 N–H and O–H groups in total. The molecule has 148 valence electrons. The van der Waals surface area contributed by atoms with E-state index in [4.69, 9.17) is 4.74 Å². The molecular formula is C20H26N6OS. The van der Waals surface area contributed by atoms with E-state index < -0.39 is 0 Å². The molecule has 7 nitrogen and oxygen atoms in total. The van der Waals surface area contributed by atoms with Crippen LogP contribution in [0.15, 0.2) is 18.2 Å². The van der Waals surface area contributed by atoms with E-state index in [9.17, 15) is 0 Å². The summed E-state index contributed by atoms with van der Waals surface area (Å²) in [4.78, 5) is 13.9. The molecule has 3 aromatic rings. The normalized spacial score (nSPS) is 19.7. The van der Waals surface area contributed by atoms with Crippen LogP contribution in [0.2, 0.25) is 0 Å². The molecule has 0 amide bonds. The third kappa shape index (κ3) is 4.39. The predicted octanol–water partition coefficient (Wildman–Crippen LogP) is 4.14.